The van der Waals surface area contributed by atoms with Crippen molar-refractivity contribution < 1.29 is 13.2 Å². The van der Waals surface area contributed by atoms with Crippen LogP contribution >= 0.6 is 0 Å². The van der Waals surface area contributed by atoms with Gasteiger partial charge < -0.3 is 11.1 Å². The van der Waals surface area contributed by atoms with Crippen LogP contribution in [0.1, 0.15) is 6.92 Å². The first-order valence-corrected chi connectivity index (χ1v) is 6.28. The number of primary amides is 1. The number of nitrogens with zero attached hydrogens (tertiary/aromatic N) is 2. The highest BCUT2D eigenvalue weighted by molar-refractivity contribution is 7.89. The Kier molecular flexibility index (Phi) is 4.35. The molecule has 0 saturated carbocycles. The van der Waals surface area contributed by atoms with Gasteiger partial charge in [0.05, 0.1) is 18.9 Å². The van der Waals surface area contributed by atoms with Crippen molar-refractivity contribution in [3.63, 3.8) is 0 Å². The zero-order valence-corrected chi connectivity index (χ0v) is 9.99. The summed E-state index contributed by atoms with van der Waals surface area (Å²) in [6, 6.07) is 0. The number of rotatable bonds is 6. The lowest BCUT2D eigenvalue weighted by atomic mass is 10.6. The van der Waals surface area contributed by atoms with Gasteiger partial charge in [-0.2, -0.15) is 0 Å². The SMILES string of the molecule is CCNc1ncc(S(=O)(=O)NCC(N)=O)cn1. The smallest absolute Gasteiger partial charge is 0.244 e. The van der Waals surface area contributed by atoms with E-state index >= 15 is 0 Å². The van der Waals surface area contributed by atoms with Crippen molar-refractivity contribution in [1.82, 2.24) is 14.7 Å². The van der Waals surface area contributed by atoms with Gasteiger partial charge in [0, 0.05) is 6.54 Å². The molecule has 0 radical (unpaired) electrons. The molecule has 0 aromatic carbocycles. The van der Waals surface area contributed by atoms with Crippen molar-refractivity contribution >= 4 is 21.9 Å². The van der Waals surface area contributed by atoms with Gasteiger partial charge in [-0.15, -0.1) is 0 Å². The van der Waals surface area contributed by atoms with Gasteiger partial charge >= 0.3 is 0 Å². The maximum absolute atomic E-state index is 11.6. The number of hydrogen-bond acceptors (Lipinski definition) is 6. The van der Waals surface area contributed by atoms with Crippen molar-refractivity contribution in [2.24, 2.45) is 5.73 Å². The fourth-order valence-corrected chi connectivity index (χ4v) is 1.84. The minimum Gasteiger partial charge on any atom is -0.369 e. The monoisotopic (exact) mass is 259 g/mol. The Balaban J connectivity index is 2.81. The molecule has 0 aliphatic rings. The van der Waals surface area contributed by atoms with E-state index in [2.05, 4.69) is 15.3 Å². The van der Waals surface area contributed by atoms with Gasteiger partial charge in [-0.05, 0) is 6.92 Å². The Morgan fingerprint density at radius 1 is 1.41 bits per heavy atom. The van der Waals surface area contributed by atoms with Gasteiger partial charge in [0.2, 0.25) is 21.9 Å². The Hall–Kier alpha value is -1.74. The van der Waals surface area contributed by atoms with Crippen molar-refractivity contribution in [3.05, 3.63) is 12.4 Å². The number of amides is 1. The summed E-state index contributed by atoms with van der Waals surface area (Å²) in [6.07, 6.45) is 2.29. The van der Waals surface area contributed by atoms with Crippen LogP contribution in [0.25, 0.3) is 0 Å². The molecule has 1 aromatic heterocycles. The second-order valence-corrected chi connectivity index (χ2v) is 4.83. The standard InChI is InChI=1S/C8H13N5O3S/c1-2-10-8-11-3-6(4-12-8)17(15,16)13-5-7(9)14/h3-4,13H,2,5H2,1H3,(H2,9,14)(H,10,11,12). The summed E-state index contributed by atoms with van der Waals surface area (Å²) in [5, 5.41) is 2.82. The van der Waals surface area contributed by atoms with Gasteiger partial charge in [-0.25, -0.2) is 23.1 Å². The molecule has 0 unspecified atom stereocenters. The molecule has 17 heavy (non-hydrogen) atoms. The number of nitrogens with one attached hydrogen (secondary N) is 2. The molecule has 1 rings (SSSR count). The maximum Gasteiger partial charge on any atom is 0.244 e. The summed E-state index contributed by atoms with van der Waals surface area (Å²) in [4.78, 5) is 18.0. The molecular weight excluding hydrogens is 246 g/mol. The molecule has 0 bridgehead atoms. The van der Waals surface area contributed by atoms with Gasteiger partial charge in [-0.3, -0.25) is 4.79 Å². The molecule has 4 N–H and O–H groups in total. The van der Waals surface area contributed by atoms with E-state index in [0.717, 1.165) is 12.4 Å². The summed E-state index contributed by atoms with van der Waals surface area (Å²) in [5.74, 6) is -0.430. The van der Waals surface area contributed by atoms with Crippen LogP contribution in [0.5, 0.6) is 0 Å². The molecule has 8 nitrogen and oxygen atoms in total. The first-order valence-electron chi connectivity index (χ1n) is 4.79. The van der Waals surface area contributed by atoms with E-state index in [1.165, 1.54) is 0 Å². The summed E-state index contributed by atoms with van der Waals surface area (Å²) in [7, 11) is -3.79. The fraction of sp³-hybridized carbons (Fsp3) is 0.375. The Morgan fingerprint density at radius 2 is 2.00 bits per heavy atom. The molecular formula is C8H13N5O3S. The third kappa shape index (κ3) is 3.96. The van der Waals surface area contributed by atoms with E-state index in [1.54, 1.807) is 0 Å². The number of anilines is 1. The number of aromatic nitrogens is 2. The molecule has 1 amide bonds. The molecule has 1 heterocycles. The van der Waals surface area contributed by atoms with E-state index in [9.17, 15) is 13.2 Å². The second kappa shape index (κ2) is 5.55. The lowest BCUT2D eigenvalue weighted by molar-refractivity contribution is -0.116. The van der Waals surface area contributed by atoms with Gasteiger partial charge in [0.1, 0.15) is 4.90 Å². The number of carbonyl (C=O) groups is 1. The van der Waals surface area contributed by atoms with Crippen molar-refractivity contribution in [2.75, 3.05) is 18.4 Å². The highest BCUT2D eigenvalue weighted by Gasteiger charge is 2.15. The minimum atomic E-state index is -3.79. The van der Waals surface area contributed by atoms with E-state index in [4.69, 9.17) is 5.73 Å². The van der Waals surface area contributed by atoms with Crippen LogP contribution in [0.3, 0.4) is 0 Å². The molecule has 1 aromatic rings. The molecule has 0 fully saturated rings. The third-order valence-electron chi connectivity index (χ3n) is 1.71. The van der Waals surface area contributed by atoms with Crippen LogP contribution in [0.2, 0.25) is 0 Å². The van der Waals surface area contributed by atoms with E-state index < -0.39 is 22.5 Å². The largest absolute Gasteiger partial charge is 0.369 e. The summed E-state index contributed by atoms with van der Waals surface area (Å²) < 4.78 is 25.2. The maximum atomic E-state index is 11.6. The van der Waals surface area contributed by atoms with Crippen LogP contribution in [0, 0.1) is 0 Å². The van der Waals surface area contributed by atoms with Crippen LogP contribution in [0.4, 0.5) is 5.95 Å². The van der Waals surface area contributed by atoms with Crippen LogP contribution < -0.4 is 15.8 Å². The average molecular weight is 259 g/mol. The highest BCUT2D eigenvalue weighted by Crippen LogP contribution is 2.06. The first kappa shape index (κ1) is 13.3. The third-order valence-corrected chi connectivity index (χ3v) is 3.07. The number of carbonyl (C=O) groups excluding carboxylic acids is 1. The number of hydrogen-bond donors (Lipinski definition) is 3. The van der Waals surface area contributed by atoms with Gasteiger partial charge in [0.15, 0.2) is 0 Å². The van der Waals surface area contributed by atoms with Crippen LogP contribution in [-0.2, 0) is 14.8 Å². The molecule has 0 atom stereocenters. The Bertz CT molecular complexity index is 484. The molecule has 0 aliphatic heterocycles. The van der Waals surface area contributed by atoms with Gasteiger partial charge in [-0.1, -0.05) is 0 Å². The predicted molar refractivity (Wildman–Crippen MR) is 60.6 cm³/mol. The van der Waals surface area contributed by atoms with Crippen molar-refractivity contribution in [3.8, 4) is 0 Å². The summed E-state index contributed by atoms with van der Waals surface area (Å²) in [6.45, 7) is 2.03. The zero-order chi connectivity index (χ0) is 12.9. The summed E-state index contributed by atoms with van der Waals surface area (Å²) in [5.41, 5.74) is 4.83. The fourth-order valence-electron chi connectivity index (χ4n) is 0.954. The predicted octanol–water partition coefficient (Wildman–Crippen LogP) is -1.33. The normalized spacial score (nSPS) is 11.1. The topological polar surface area (TPSA) is 127 Å². The Labute approximate surface area is 98.7 Å². The highest BCUT2D eigenvalue weighted by atomic mass is 32.2. The molecule has 94 valence electrons. The quantitative estimate of drug-likeness (QED) is 0.581. The summed E-state index contributed by atoms with van der Waals surface area (Å²) >= 11 is 0. The second-order valence-electron chi connectivity index (χ2n) is 3.06. The minimum absolute atomic E-state index is 0.125. The number of sulfonamides is 1. The lowest BCUT2D eigenvalue weighted by Crippen LogP contribution is -2.33. The molecule has 0 aliphatic carbocycles. The lowest BCUT2D eigenvalue weighted by Gasteiger charge is -2.05. The Morgan fingerprint density at radius 3 is 2.47 bits per heavy atom. The molecule has 9 heteroatoms. The zero-order valence-electron chi connectivity index (χ0n) is 9.17. The molecule has 0 saturated heterocycles. The van der Waals surface area contributed by atoms with Gasteiger partial charge in [0.25, 0.3) is 0 Å². The van der Waals surface area contributed by atoms with E-state index in [1.807, 2.05) is 11.6 Å². The average Bonchev–Trinajstić information content (AvgIpc) is 2.28. The van der Waals surface area contributed by atoms with Crippen LogP contribution in [0.15, 0.2) is 17.3 Å². The molecule has 0 spiro atoms. The van der Waals surface area contributed by atoms with E-state index in [0.29, 0.717) is 12.5 Å². The van der Waals surface area contributed by atoms with Crippen molar-refractivity contribution in [1.29, 1.82) is 0 Å². The van der Waals surface area contributed by atoms with Crippen LogP contribution in [-0.4, -0.2) is 37.4 Å². The van der Waals surface area contributed by atoms with Crippen molar-refractivity contribution in [2.45, 2.75) is 11.8 Å². The van der Waals surface area contributed by atoms with E-state index in [-0.39, 0.29) is 4.90 Å². The first-order chi connectivity index (χ1) is 7.95. The number of nitrogens with two attached hydrogens (primary N) is 1.